The Labute approximate surface area is 95.9 Å². The zero-order chi connectivity index (χ0) is 11.8. The van der Waals surface area contributed by atoms with Crippen molar-refractivity contribution in [2.45, 2.75) is 31.8 Å². The maximum atomic E-state index is 5.83. The summed E-state index contributed by atoms with van der Waals surface area (Å²) in [7, 11) is 3.55. The number of hydrogen-bond acceptors (Lipinski definition) is 5. The molecule has 2 heterocycles. The Morgan fingerprint density at radius 2 is 2.25 bits per heavy atom. The Hall–Kier alpha value is -0.620. The first kappa shape index (κ1) is 11.9. The van der Waals surface area contributed by atoms with Crippen molar-refractivity contribution in [2.24, 2.45) is 0 Å². The van der Waals surface area contributed by atoms with Gasteiger partial charge >= 0.3 is 0 Å². The highest BCUT2D eigenvalue weighted by molar-refractivity contribution is 5.09. The zero-order valence-electron chi connectivity index (χ0n) is 10.2. The molecule has 1 saturated heterocycles. The zero-order valence-corrected chi connectivity index (χ0v) is 10.2. The lowest BCUT2D eigenvalue weighted by atomic mass is 10.1. The molecule has 0 amide bonds. The normalized spacial score (nSPS) is 34.9. The largest absolute Gasteiger partial charge is 0.499 e. The van der Waals surface area contributed by atoms with Gasteiger partial charge in [-0.05, 0) is 19.9 Å². The third kappa shape index (κ3) is 2.22. The van der Waals surface area contributed by atoms with E-state index in [9.17, 15) is 0 Å². The molecule has 0 unspecified atom stereocenters. The molecule has 1 fully saturated rings. The maximum absolute atomic E-state index is 5.83. The molecule has 5 heteroatoms. The molecule has 0 bridgehead atoms. The fourth-order valence-electron chi connectivity index (χ4n) is 2.11. The molecule has 5 nitrogen and oxygen atoms in total. The van der Waals surface area contributed by atoms with Gasteiger partial charge in [-0.3, -0.25) is 4.84 Å². The summed E-state index contributed by atoms with van der Waals surface area (Å²) in [5.74, 6) is 0.349. The van der Waals surface area contributed by atoms with Crippen molar-refractivity contribution in [1.82, 2.24) is 5.06 Å². The number of hydrogen-bond donors (Lipinski definition) is 0. The first-order valence-electron chi connectivity index (χ1n) is 5.45. The van der Waals surface area contributed by atoms with Gasteiger partial charge in [-0.15, -0.1) is 0 Å². The molecular weight excluding hydrogens is 210 g/mol. The lowest BCUT2D eigenvalue weighted by molar-refractivity contribution is -0.204. The van der Waals surface area contributed by atoms with Crippen molar-refractivity contribution in [3.63, 3.8) is 0 Å². The fraction of sp³-hybridized carbons (Fsp3) is 0.818. The standard InChI is InChI=1S/C11H19NO4/c1-11(2)14-7-9(16-11)10-8(13-4)5-6-15-12(10)3/h5,9-10H,6-7H2,1-4H3/t9-,10-/m0/s1. The lowest BCUT2D eigenvalue weighted by Crippen LogP contribution is -2.47. The molecule has 0 aromatic rings. The van der Waals surface area contributed by atoms with Crippen LogP contribution in [0.3, 0.4) is 0 Å². The summed E-state index contributed by atoms with van der Waals surface area (Å²) in [5, 5.41) is 1.77. The van der Waals surface area contributed by atoms with Crippen molar-refractivity contribution in [1.29, 1.82) is 0 Å². The van der Waals surface area contributed by atoms with E-state index in [0.29, 0.717) is 13.2 Å². The molecule has 0 saturated carbocycles. The Morgan fingerprint density at radius 3 is 2.81 bits per heavy atom. The minimum atomic E-state index is -0.526. The topological polar surface area (TPSA) is 40.2 Å². The smallest absolute Gasteiger partial charge is 0.163 e. The van der Waals surface area contributed by atoms with E-state index >= 15 is 0 Å². The van der Waals surface area contributed by atoms with Crippen LogP contribution < -0.4 is 0 Å². The van der Waals surface area contributed by atoms with Gasteiger partial charge in [-0.2, -0.15) is 5.06 Å². The van der Waals surface area contributed by atoms with Crippen LogP contribution in [0.25, 0.3) is 0 Å². The first-order valence-corrected chi connectivity index (χ1v) is 5.45. The maximum Gasteiger partial charge on any atom is 0.163 e. The van der Waals surface area contributed by atoms with E-state index in [0.717, 1.165) is 5.76 Å². The molecule has 0 aromatic carbocycles. The van der Waals surface area contributed by atoms with Gasteiger partial charge in [0.15, 0.2) is 5.79 Å². The average molecular weight is 229 g/mol. The van der Waals surface area contributed by atoms with Crippen LogP contribution in [0.5, 0.6) is 0 Å². The third-order valence-corrected chi connectivity index (χ3v) is 2.86. The molecule has 0 N–H and O–H groups in total. The Balaban J connectivity index is 2.12. The van der Waals surface area contributed by atoms with E-state index < -0.39 is 5.79 Å². The lowest BCUT2D eigenvalue weighted by Gasteiger charge is -2.34. The van der Waals surface area contributed by atoms with Crippen molar-refractivity contribution in [3.8, 4) is 0 Å². The summed E-state index contributed by atoms with van der Waals surface area (Å²) < 4.78 is 16.7. The van der Waals surface area contributed by atoms with Crippen LogP contribution in [0.4, 0.5) is 0 Å². The summed E-state index contributed by atoms with van der Waals surface area (Å²) in [6.45, 7) is 4.90. The number of hydroxylamine groups is 2. The van der Waals surface area contributed by atoms with E-state index in [2.05, 4.69) is 0 Å². The monoisotopic (exact) mass is 229 g/mol. The van der Waals surface area contributed by atoms with Crippen LogP contribution in [-0.4, -0.2) is 50.4 Å². The fourth-order valence-corrected chi connectivity index (χ4v) is 2.11. The SMILES string of the molecule is COC1=CCON(C)[C@@H]1[C@@H]1COC(C)(C)O1. The van der Waals surface area contributed by atoms with Gasteiger partial charge in [0.25, 0.3) is 0 Å². The predicted octanol–water partition coefficient (Wildman–Crippen LogP) is 0.914. The highest BCUT2D eigenvalue weighted by atomic mass is 16.7. The Bertz CT molecular complexity index is 290. The van der Waals surface area contributed by atoms with E-state index in [1.54, 1.807) is 12.2 Å². The van der Waals surface area contributed by atoms with Crippen LogP contribution in [0.15, 0.2) is 11.8 Å². The highest BCUT2D eigenvalue weighted by Gasteiger charge is 2.42. The van der Waals surface area contributed by atoms with Crippen molar-refractivity contribution in [2.75, 3.05) is 27.4 Å². The summed E-state index contributed by atoms with van der Waals surface area (Å²) in [6, 6.07) is -0.0412. The summed E-state index contributed by atoms with van der Waals surface area (Å²) in [5.41, 5.74) is 0. The number of methoxy groups -OCH3 is 1. The van der Waals surface area contributed by atoms with Gasteiger partial charge < -0.3 is 14.2 Å². The van der Waals surface area contributed by atoms with Crippen LogP contribution in [0, 0.1) is 0 Å². The third-order valence-electron chi connectivity index (χ3n) is 2.86. The van der Waals surface area contributed by atoms with Gasteiger partial charge in [0.1, 0.15) is 17.9 Å². The molecule has 2 rings (SSSR count). The summed E-state index contributed by atoms with van der Waals surface area (Å²) in [4.78, 5) is 5.44. The van der Waals surface area contributed by atoms with Crippen molar-refractivity contribution < 1.29 is 19.0 Å². The Morgan fingerprint density at radius 1 is 1.50 bits per heavy atom. The van der Waals surface area contributed by atoms with E-state index in [1.807, 2.05) is 27.0 Å². The quantitative estimate of drug-likeness (QED) is 0.704. The molecule has 0 aliphatic carbocycles. The number of rotatable bonds is 2. The molecule has 16 heavy (non-hydrogen) atoms. The second-order valence-electron chi connectivity index (χ2n) is 4.46. The van der Waals surface area contributed by atoms with Crippen LogP contribution >= 0.6 is 0 Å². The van der Waals surface area contributed by atoms with Gasteiger partial charge in [0, 0.05) is 7.05 Å². The molecule has 2 aliphatic heterocycles. The summed E-state index contributed by atoms with van der Waals surface area (Å²) in [6.07, 6.45) is 1.87. The van der Waals surface area contributed by atoms with Gasteiger partial charge in [-0.1, -0.05) is 0 Å². The van der Waals surface area contributed by atoms with Crippen LogP contribution in [0.2, 0.25) is 0 Å². The highest BCUT2D eigenvalue weighted by Crippen LogP contribution is 2.30. The number of likely N-dealkylation sites (N-methyl/N-ethyl adjacent to an activating group) is 1. The average Bonchev–Trinajstić information content (AvgIpc) is 2.58. The minimum Gasteiger partial charge on any atom is -0.499 e. The van der Waals surface area contributed by atoms with E-state index in [1.165, 1.54) is 0 Å². The van der Waals surface area contributed by atoms with E-state index in [4.69, 9.17) is 19.0 Å². The number of nitrogens with zero attached hydrogens (tertiary/aromatic N) is 1. The van der Waals surface area contributed by atoms with Crippen LogP contribution in [0.1, 0.15) is 13.8 Å². The van der Waals surface area contributed by atoms with Gasteiger partial charge in [0.05, 0.1) is 20.3 Å². The second-order valence-corrected chi connectivity index (χ2v) is 4.46. The minimum absolute atomic E-state index is 0.0412. The molecular formula is C11H19NO4. The molecule has 0 aromatic heterocycles. The second kappa shape index (κ2) is 4.33. The molecule has 92 valence electrons. The Kier molecular flexibility index (Phi) is 3.21. The van der Waals surface area contributed by atoms with E-state index in [-0.39, 0.29) is 12.1 Å². The van der Waals surface area contributed by atoms with Crippen molar-refractivity contribution >= 4 is 0 Å². The van der Waals surface area contributed by atoms with Gasteiger partial charge in [-0.25, -0.2) is 0 Å². The molecule has 2 aliphatic rings. The van der Waals surface area contributed by atoms with Gasteiger partial charge in [0.2, 0.25) is 0 Å². The predicted molar refractivity (Wildman–Crippen MR) is 57.5 cm³/mol. The molecule has 0 spiro atoms. The van der Waals surface area contributed by atoms with Crippen LogP contribution in [-0.2, 0) is 19.0 Å². The molecule has 0 radical (unpaired) electrons. The molecule has 2 atom stereocenters. The number of ether oxygens (including phenoxy) is 3. The summed E-state index contributed by atoms with van der Waals surface area (Å²) >= 11 is 0. The van der Waals surface area contributed by atoms with Crippen molar-refractivity contribution in [3.05, 3.63) is 11.8 Å². The first-order chi connectivity index (χ1) is 7.53.